The minimum atomic E-state index is -0.232. The van der Waals surface area contributed by atoms with Crippen LogP contribution in [-0.2, 0) is 4.74 Å². The van der Waals surface area contributed by atoms with Crippen LogP contribution in [0.3, 0.4) is 0 Å². The Labute approximate surface area is 210 Å². The van der Waals surface area contributed by atoms with Crippen molar-refractivity contribution in [2.24, 2.45) is 10.7 Å². The zero-order chi connectivity index (χ0) is 25.3. The lowest BCUT2D eigenvalue weighted by Gasteiger charge is -2.30. The lowest BCUT2D eigenvalue weighted by Crippen LogP contribution is -2.37. The molecule has 1 aromatic heterocycles. The van der Waals surface area contributed by atoms with Crippen molar-refractivity contribution in [3.63, 3.8) is 0 Å². The first-order valence-corrected chi connectivity index (χ1v) is 12.2. The third-order valence-electron chi connectivity index (χ3n) is 5.29. The van der Waals surface area contributed by atoms with Crippen molar-refractivity contribution in [1.29, 1.82) is 0 Å². The number of nitrogens with two attached hydrogens (primary N) is 1. The molecule has 3 N–H and O–H groups in total. The average Bonchev–Trinajstić information content (AvgIpc) is 3.36. The molecular formula is C28H40N6O. The lowest BCUT2D eigenvalue weighted by molar-refractivity contribution is 0.0611. The fraction of sp³-hybridized carbons (Fsp3) is 0.357. The van der Waals surface area contributed by atoms with Gasteiger partial charge in [0.15, 0.2) is 0 Å². The van der Waals surface area contributed by atoms with Crippen molar-refractivity contribution in [3.8, 4) is 0 Å². The Kier molecular flexibility index (Phi) is 12.9. The Hall–Kier alpha value is -3.42. The summed E-state index contributed by atoms with van der Waals surface area (Å²) >= 11 is 0. The van der Waals surface area contributed by atoms with E-state index in [0.29, 0.717) is 19.8 Å². The van der Waals surface area contributed by atoms with Crippen LogP contribution >= 0.6 is 0 Å². The molecule has 1 aromatic rings. The highest BCUT2D eigenvalue weighted by molar-refractivity contribution is 5.81. The summed E-state index contributed by atoms with van der Waals surface area (Å²) in [5.74, 6) is 1.02. The first-order valence-electron chi connectivity index (χ1n) is 12.2. The van der Waals surface area contributed by atoms with Crippen molar-refractivity contribution >= 4 is 17.6 Å². The number of aromatic nitrogens is 2. The van der Waals surface area contributed by atoms with Gasteiger partial charge < -0.3 is 20.7 Å². The van der Waals surface area contributed by atoms with Crippen LogP contribution in [0.25, 0.3) is 11.4 Å². The molecule has 35 heavy (non-hydrogen) atoms. The summed E-state index contributed by atoms with van der Waals surface area (Å²) in [5, 5.41) is 8.16. The predicted molar refractivity (Wildman–Crippen MR) is 149 cm³/mol. The summed E-state index contributed by atoms with van der Waals surface area (Å²) in [6, 6.07) is 1.79. The van der Waals surface area contributed by atoms with E-state index in [1.807, 2.05) is 73.4 Å². The van der Waals surface area contributed by atoms with Gasteiger partial charge in [0.1, 0.15) is 5.82 Å². The number of allylic oxidation sites excluding steroid dienone is 7. The Balaban J connectivity index is 2.11. The minimum absolute atomic E-state index is 0.232. The van der Waals surface area contributed by atoms with E-state index in [9.17, 15) is 0 Å². The molecule has 1 aliphatic heterocycles. The number of morpholine rings is 1. The number of rotatable bonds is 13. The molecule has 0 saturated carbocycles. The lowest BCUT2D eigenvalue weighted by atomic mass is 10.1. The minimum Gasteiger partial charge on any atom is -0.387 e. The zero-order valence-electron chi connectivity index (χ0n) is 21.3. The zero-order valence-corrected chi connectivity index (χ0v) is 21.3. The van der Waals surface area contributed by atoms with E-state index in [2.05, 4.69) is 34.8 Å². The molecule has 1 atom stereocenters. The molecule has 0 aromatic carbocycles. The third-order valence-corrected chi connectivity index (χ3v) is 5.29. The van der Waals surface area contributed by atoms with Crippen LogP contribution < -0.4 is 11.1 Å². The average molecular weight is 477 g/mol. The first kappa shape index (κ1) is 27.8. The molecule has 0 aliphatic carbocycles. The topological polar surface area (TPSA) is 80.7 Å². The molecule has 0 radical (unpaired) electrons. The highest BCUT2D eigenvalue weighted by Gasteiger charge is 2.16. The Bertz CT molecular complexity index is 987. The van der Waals surface area contributed by atoms with E-state index >= 15 is 0 Å². The number of nitrogens with one attached hydrogen (secondary N) is 1. The number of hydrogen-bond acceptors (Lipinski definition) is 6. The molecule has 0 bridgehead atoms. The highest BCUT2D eigenvalue weighted by Crippen LogP contribution is 2.18. The Morgan fingerprint density at radius 1 is 1.34 bits per heavy atom. The van der Waals surface area contributed by atoms with Gasteiger partial charge >= 0.3 is 0 Å². The summed E-state index contributed by atoms with van der Waals surface area (Å²) in [4.78, 5) is 6.58. The van der Waals surface area contributed by atoms with E-state index in [0.717, 1.165) is 42.2 Å². The normalized spacial score (nSPS) is 17.4. The van der Waals surface area contributed by atoms with Gasteiger partial charge in [0.25, 0.3) is 0 Å². The van der Waals surface area contributed by atoms with Crippen LogP contribution in [0, 0.1) is 0 Å². The summed E-state index contributed by atoms with van der Waals surface area (Å²) in [7, 11) is 0. The van der Waals surface area contributed by atoms with Crippen LogP contribution in [0.5, 0.6) is 0 Å². The number of ether oxygens (including phenoxy) is 1. The summed E-state index contributed by atoms with van der Waals surface area (Å²) < 4.78 is 7.48. The van der Waals surface area contributed by atoms with Gasteiger partial charge in [0, 0.05) is 43.8 Å². The number of aliphatic imine (C=N–C) groups is 1. The second-order valence-corrected chi connectivity index (χ2v) is 7.82. The number of hydrogen-bond donors (Lipinski definition) is 2. The van der Waals surface area contributed by atoms with Gasteiger partial charge in [-0.05, 0) is 50.3 Å². The van der Waals surface area contributed by atoms with Crippen molar-refractivity contribution in [1.82, 2.24) is 20.0 Å². The SMILES string of the molecule is C=C/C=C(\C=C/C)c1ccn(/C(=C\CN/C=C\C(N)C(/C=N\C=C/CC)=C/C)N2CCOCC2)n1. The van der Waals surface area contributed by atoms with Crippen LogP contribution in [0.15, 0.2) is 90.4 Å². The monoisotopic (exact) mass is 476 g/mol. The Morgan fingerprint density at radius 3 is 2.83 bits per heavy atom. The fourth-order valence-corrected chi connectivity index (χ4v) is 3.45. The van der Waals surface area contributed by atoms with E-state index in [4.69, 9.17) is 15.6 Å². The molecule has 1 fully saturated rings. The maximum absolute atomic E-state index is 6.29. The van der Waals surface area contributed by atoms with Gasteiger partial charge in [-0.15, -0.1) is 0 Å². The molecule has 1 unspecified atom stereocenters. The van der Waals surface area contributed by atoms with E-state index < -0.39 is 0 Å². The largest absolute Gasteiger partial charge is 0.387 e. The van der Waals surface area contributed by atoms with Crippen molar-refractivity contribution in [2.45, 2.75) is 33.2 Å². The summed E-state index contributed by atoms with van der Waals surface area (Å²) in [5.41, 5.74) is 9.17. The van der Waals surface area contributed by atoms with Gasteiger partial charge in [-0.25, -0.2) is 4.68 Å². The van der Waals surface area contributed by atoms with E-state index in [-0.39, 0.29) is 6.04 Å². The molecule has 2 heterocycles. The molecule has 0 amide bonds. The molecule has 1 saturated heterocycles. The second kappa shape index (κ2) is 16.2. The first-order chi connectivity index (χ1) is 17.1. The molecule has 0 spiro atoms. The summed E-state index contributed by atoms with van der Waals surface area (Å²) in [6.07, 6.45) is 24.3. The molecule has 2 rings (SSSR count). The molecule has 7 nitrogen and oxygen atoms in total. The van der Waals surface area contributed by atoms with Crippen LogP contribution in [0.4, 0.5) is 0 Å². The van der Waals surface area contributed by atoms with Crippen LogP contribution in [-0.4, -0.2) is 59.8 Å². The Morgan fingerprint density at radius 2 is 2.14 bits per heavy atom. The van der Waals surface area contributed by atoms with Crippen molar-refractivity contribution < 1.29 is 4.74 Å². The molecular weight excluding hydrogens is 436 g/mol. The molecule has 7 heteroatoms. The van der Waals surface area contributed by atoms with E-state index in [1.54, 1.807) is 18.5 Å². The second-order valence-electron chi connectivity index (χ2n) is 7.82. The maximum Gasteiger partial charge on any atom is 0.127 e. The van der Waals surface area contributed by atoms with Gasteiger partial charge in [-0.1, -0.05) is 50.0 Å². The quantitative estimate of drug-likeness (QED) is 0.248. The maximum atomic E-state index is 6.29. The van der Waals surface area contributed by atoms with Gasteiger partial charge in [-0.2, -0.15) is 5.10 Å². The van der Waals surface area contributed by atoms with Gasteiger partial charge in [0.05, 0.1) is 24.9 Å². The standard InChI is InChI=1S/C28H40N6O/c1-5-9-15-31-23-24(8-4)26(29)12-16-30-17-13-28(33-19-21-35-22-20-33)34-18-14-27(32-34)25(10-6-2)11-7-3/h6-16,18,23,26,30H,2,5,17,19-22,29H2,1,3-4H3/b11-7-,15-9-,16-12-,24-8+,25-10+,28-13-,31-23-. The van der Waals surface area contributed by atoms with Crippen LogP contribution in [0.1, 0.15) is 32.9 Å². The van der Waals surface area contributed by atoms with Crippen molar-refractivity contribution in [2.75, 3.05) is 32.8 Å². The predicted octanol–water partition coefficient (Wildman–Crippen LogP) is 4.53. The van der Waals surface area contributed by atoms with Crippen LogP contribution in [0.2, 0.25) is 0 Å². The van der Waals surface area contributed by atoms with Gasteiger partial charge in [0.2, 0.25) is 0 Å². The number of nitrogens with zero attached hydrogens (tertiary/aromatic N) is 4. The smallest absolute Gasteiger partial charge is 0.127 e. The van der Waals surface area contributed by atoms with Gasteiger partial charge in [-0.3, -0.25) is 4.99 Å². The molecule has 1 aliphatic rings. The molecule has 188 valence electrons. The summed E-state index contributed by atoms with van der Waals surface area (Å²) in [6.45, 7) is 13.5. The highest BCUT2D eigenvalue weighted by atomic mass is 16.5. The van der Waals surface area contributed by atoms with E-state index in [1.165, 1.54) is 0 Å². The third kappa shape index (κ3) is 9.39. The fourth-order valence-electron chi connectivity index (χ4n) is 3.45. The van der Waals surface area contributed by atoms with Crippen molar-refractivity contribution in [3.05, 3.63) is 91.1 Å².